The molecule has 0 bridgehead atoms. The van der Waals surface area contributed by atoms with Crippen LogP contribution in [0.4, 0.5) is 0 Å². The maximum atomic E-state index is 13.2. The molecule has 4 aliphatic carbocycles. The number of hydrogen-bond acceptors (Lipinski definition) is 4. The van der Waals surface area contributed by atoms with E-state index in [4.69, 9.17) is 0 Å². The van der Waals surface area contributed by atoms with Crippen LogP contribution in [0.25, 0.3) is 0 Å². The first-order valence-corrected chi connectivity index (χ1v) is 11.9. The van der Waals surface area contributed by atoms with Crippen LogP contribution in [-0.2, 0) is 11.3 Å². The van der Waals surface area contributed by atoms with E-state index in [1.54, 1.807) is 11.0 Å². The number of aliphatic hydroxyl groups is 1. The standard InChI is InChI=1S/C24H37N3O2/c1-15-13-25-27(26-15)14-22(28)21-7-6-20-19-5-4-16-12-23(2,29)10-8-17(16)18(19)9-11-24(20,21)3/h13,16-21,29H,4-12,14H2,1-3H3/t16-,17+,18-,19-,20+,21-,23-,24+/m1/s1. The van der Waals surface area contributed by atoms with Gasteiger partial charge in [0, 0.05) is 5.92 Å². The minimum absolute atomic E-state index is 0.160. The van der Waals surface area contributed by atoms with Gasteiger partial charge in [0.15, 0.2) is 5.78 Å². The van der Waals surface area contributed by atoms with Crippen molar-refractivity contribution in [2.45, 2.75) is 90.7 Å². The Kier molecular flexibility index (Phi) is 4.69. The van der Waals surface area contributed by atoms with Crippen LogP contribution in [0, 0.1) is 47.8 Å². The predicted octanol–water partition coefficient (Wildman–Crippen LogP) is 4.18. The second-order valence-electron chi connectivity index (χ2n) is 11.3. The molecule has 0 spiro atoms. The van der Waals surface area contributed by atoms with E-state index in [0.717, 1.165) is 48.6 Å². The summed E-state index contributed by atoms with van der Waals surface area (Å²) in [6.07, 6.45) is 12.2. The largest absolute Gasteiger partial charge is 0.390 e. The Labute approximate surface area is 174 Å². The van der Waals surface area contributed by atoms with E-state index in [1.807, 2.05) is 13.8 Å². The minimum atomic E-state index is -0.444. The third-order valence-corrected chi connectivity index (χ3v) is 9.57. The summed E-state index contributed by atoms with van der Waals surface area (Å²) in [6.45, 7) is 6.71. The summed E-state index contributed by atoms with van der Waals surface area (Å²) in [5.41, 5.74) is 0.589. The molecule has 1 aromatic rings. The lowest BCUT2D eigenvalue weighted by Crippen LogP contribution is -2.51. The summed E-state index contributed by atoms with van der Waals surface area (Å²) in [4.78, 5) is 14.8. The van der Waals surface area contributed by atoms with E-state index in [0.29, 0.717) is 18.2 Å². The van der Waals surface area contributed by atoms with Crippen LogP contribution in [0.2, 0.25) is 0 Å². The fourth-order valence-corrected chi connectivity index (χ4v) is 8.32. The quantitative estimate of drug-likeness (QED) is 0.828. The van der Waals surface area contributed by atoms with Gasteiger partial charge in [-0.25, -0.2) is 0 Å². The van der Waals surface area contributed by atoms with Crippen LogP contribution in [0.3, 0.4) is 0 Å². The Morgan fingerprint density at radius 1 is 1.10 bits per heavy atom. The van der Waals surface area contributed by atoms with E-state index < -0.39 is 5.60 Å². The summed E-state index contributed by atoms with van der Waals surface area (Å²) < 4.78 is 0. The van der Waals surface area contributed by atoms with Crippen molar-refractivity contribution in [2.24, 2.45) is 40.9 Å². The van der Waals surface area contributed by atoms with E-state index in [-0.39, 0.29) is 11.3 Å². The van der Waals surface area contributed by atoms with Gasteiger partial charge >= 0.3 is 0 Å². The Morgan fingerprint density at radius 3 is 2.66 bits per heavy atom. The number of Topliss-reactive ketones (excluding diaryl/α,β-unsaturated/α-hetero) is 1. The molecule has 0 unspecified atom stereocenters. The third kappa shape index (κ3) is 3.28. The summed E-state index contributed by atoms with van der Waals surface area (Å²) in [6, 6.07) is 0. The lowest BCUT2D eigenvalue weighted by molar-refractivity contribution is -0.133. The molecule has 29 heavy (non-hydrogen) atoms. The first-order valence-electron chi connectivity index (χ1n) is 11.9. The Bertz CT molecular complexity index is 787. The molecule has 4 fully saturated rings. The summed E-state index contributed by atoms with van der Waals surface area (Å²) >= 11 is 0. The van der Waals surface area contributed by atoms with Crippen LogP contribution in [-0.4, -0.2) is 31.5 Å². The lowest BCUT2D eigenvalue weighted by atomic mass is 9.49. The van der Waals surface area contributed by atoms with Crippen LogP contribution in [0.15, 0.2) is 6.20 Å². The molecule has 160 valence electrons. The highest BCUT2D eigenvalue weighted by atomic mass is 16.3. The molecule has 5 rings (SSSR count). The molecular weight excluding hydrogens is 362 g/mol. The molecule has 4 aliphatic rings. The number of aromatic nitrogens is 3. The highest BCUT2D eigenvalue weighted by Crippen LogP contribution is 2.64. The second-order valence-corrected chi connectivity index (χ2v) is 11.3. The molecule has 4 saturated carbocycles. The molecule has 0 amide bonds. The van der Waals surface area contributed by atoms with Crippen molar-refractivity contribution in [2.75, 3.05) is 0 Å². The maximum Gasteiger partial charge on any atom is 0.159 e. The predicted molar refractivity (Wildman–Crippen MR) is 111 cm³/mol. The molecule has 5 heteroatoms. The Morgan fingerprint density at radius 2 is 1.90 bits per heavy atom. The first-order chi connectivity index (χ1) is 13.8. The van der Waals surface area contributed by atoms with Crippen LogP contribution < -0.4 is 0 Å². The molecule has 8 atom stereocenters. The van der Waals surface area contributed by atoms with E-state index >= 15 is 0 Å². The fourth-order valence-electron chi connectivity index (χ4n) is 8.32. The zero-order chi connectivity index (χ0) is 20.4. The topological polar surface area (TPSA) is 68.0 Å². The van der Waals surface area contributed by atoms with Crippen molar-refractivity contribution in [1.82, 2.24) is 15.0 Å². The average molecular weight is 400 g/mol. The van der Waals surface area contributed by atoms with Gasteiger partial charge in [-0.2, -0.15) is 15.0 Å². The average Bonchev–Trinajstić information content (AvgIpc) is 3.22. The van der Waals surface area contributed by atoms with Gasteiger partial charge in [-0.1, -0.05) is 6.92 Å². The van der Waals surface area contributed by atoms with Crippen molar-refractivity contribution in [3.63, 3.8) is 0 Å². The number of ketones is 1. The number of carbonyl (C=O) groups excluding carboxylic acids is 1. The van der Waals surface area contributed by atoms with E-state index in [9.17, 15) is 9.90 Å². The minimum Gasteiger partial charge on any atom is -0.390 e. The molecule has 1 aromatic heterocycles. The van der Waals surface area contributed by atoms with Crippen molar-refractivity contribution in [3.8, 4) is 0 Å². The lowest BCUT2D eigenvalue weighted by Gasteiger charge is -2.56. The third-order valence-electron chi connectivity index (χ3n) is 9.57. The number of fused-ring (bicyclic) bond motifs is 5. The van der Waals surface area contributed by atoms with Crippen LogP contribution >= 0.6 is 0 Å². The fraction of sp³-hybridized carbons (Fsp3) is 0.875. The SMILES string of the molecule is Cc1cnn(CC(=O)[C@H]2CC[C@H]3[C@@H]4CC[C@@H]5C[C@](C)(O)CC[C@@H]5[C@H]4CC[C@]23C)n1. The molecule has 0 aliphatic heterocycles. The molecule has 1 heterocycles. The Hall–Kier alpha value is -1.23. The van der Waals surface area contributed by atoms with Gasteiger partial charge in [0.2, 0.25) is 0 Å². The van der Waals surface area contributed by atoms with Gasteiger partial charge in [-0.15, -0.1) is 0 Å². The van der Waals surface area contributed by atoms with Gasteiger partial charge in [0.25, 0.3) is 0 Å². The Balaban J connectivity index is 1.31. The summed E-state index contributed by atoms with van der Waals surface area (Å²) in [5.74, 6) is 4.36. The number of rotatable bonds is 3. The number of carbonyl (C=O) groups is 1. The molecule has 5 nitrogen and oxygen atoms in total. The van der Waals surface area contributed by atoms with Crippen molar-refractivity contribution in [3.05, 3.63) is 11.9 Å². The molecule has 0 saturated heterocycles. The highest BCUT2D eigenvalue weighted by Gasteiger charge is 2.58. The van der Waals surface area contributed by atoms with E-state index in [1.165, 1.54) is 38.5 Å². The molecular formula is C24H37N3O2. The van der Waals surface area contributed by atoms with Crippen molar-refractivity contribution in [1.29, 1.82) is 0 Å². The van der Waals surface area contributed by atoms with Gasteiger partial charge < -0.3 is 5.11 Å². The van der Waals surface area contributed by atoms with Gasteiger partial charge in [-0.3, -0.25) is 4.79 Å². The maximum absolute atomic E-state index is 13.2. The van der Waals surface area contributed by atoms with Gasteiger partial charge in [0.1, 0.15) is 6.54 Å². The van der Waals surface area contributed by atoms with Crippen molar-refractivity contribution >= 4 is 5.78 Å². The first kappa shape index (κ1) is 19.7. The van der Waals surface area contributed by atoms with Gasteiger partial charge in [0.05, 0.1) is 17.5 Å². The highest BCUT2D eigenvalue weighted by molar-refractivity contribution is 5.82. The zero-order valence-electron chi connectivity index (χ0n) is 18.3. The monoisotopic (exact) mass is 399 g/mol. The molecule has 0 radical (unpaired) electrons. The summed E-state index contributed by atoms with van der Waals surface area (Å²) in [7, 11) is 0. The molecule has 0 aromatic carbocycles. The number of nitrogens with zero attached hydrogens (tertiary/aromatic N) is 3. The normalized spacial score (nSPS) is 46.6. The number of hydrogen-bond donors (Lipinski definition) is 1. The van der Waals surface area contributed by atoms with Crippen molar-refractivity contribution < 1.29 is 9.90 Å². The van der Waals surface area contributed by atoms with Crippen LogP contribution in [0.1, 0.15) is 77.3 Å². The second kappa shape index (κ2) is 6.90. The van der Waals surface area contributed by atoms with E-state index in [2.05, 4.69) is 17.1 Å². The number of aryl methyl sites for hydroxylation is 1. The molecule has 1 N–H and O–H groups in total. The van der Waals surface area contributed by atoms with Crippen LogP contribution in [0.5, 0.6) is 0 Å². The smallest absolute Gasteiger partial charge is 0.159 e. The summed E-state index contributed by atoms with van der Waals surface area (Å²) in [5, 5.41) is 19.1. The van der Waals surface area contributed by atoms with Gasteiger partial charge in [-0.05, 0) is 107 Å². The zero-order valence-corrected chi connectivity index (χ0v) is 18.3.